The molecule has 0 N–H and O–H groups in total. The Morgan fingerprint density at radius 1 is 1.47 bits per heavy atom. The Labute approximate surface area is 114 Å². The molecule has 0 saturated heterocycles. The summed E-state index contributed by atoms with van der Waals surface area (Å²) in [7, 11) is 2.58. The Bertz CT molecular complexity index is 541. The van der Waals surface area contributed by atoms with Crippen molar-refractivity contribution in [3.8, 4) is 0 Å². The number of halogens is 3. The fourth-order valence-corrected chi connectivity index (χ4v) is 3.76. The molecule has 0 spiro atoms. The molecule has 2 heterocycles. The van der Waals surface area contributed by atoms with Gasteiger partial charge >= 0.3 is 12.1 Å². The minimum Gasteiger partial charge on any atom is -0.467 e. The summed E-state index contributed by atoms with van der Waals surface area (Å²) in [6.45, 7) is 0. The maximum absolute atomic E-state index is 12.6. The minimum absolute atomic E-state index is 0.0502. The zero-order valence-corrected chi connectivity index (χ0v) is 11.4. The topological polar surface area (TPSA) is 46.6 Å². The van der Waals surface area contributed by atoms with Crippen LogP contribution in [0.2, 0.25) is 0 Å². The Morgan fingerprint density at radius 2 is 2.11 bits per heavy atom. The molecule has 1 atom stereocenters. The van der Waals surface area contributed by atoms with E-state index in [4.69, 9.17) is 0 Å². The first-order valence-electron chi connectivity index (χ1n) is 4.99. The fraction of sp³-hybridized carbons (Fsp3) is 0.400. The van der Waals surface area contributed by atoms with Crippen molar-refractivity contribution in [1.82, 2.24) is 4.31 Å². The Kier molecular flexibility index (Phi) is 3.63. The molecule has 9 heteroatoms. The maximum atomic E-state index is 12.6. The lowest BCUT2D eigenvalue weighted by Gasteiger charge is -2.27. The number of fused-ring (bicyclic) bond motifs is 1. The molecule has 0 aromatic carbocycles. The number of methoxy groups -OCH3 is 1. The van der Waals surface area contributed by atoms with Gasteiger partial charge in [-0.1, -0.05) is 0 Å². The number of likely N-dealkylation sites (N-methyl/N-ethyl adjacent to an activating group) is 1. The minimum atomic E-state index is -4.50. The zero-order chi connectivity index (χ0) is 14.4. The summed E-state index contributed by atoms with van der Waals surface area (Å²) in [5.41, 5.74) is 0. The van der Waals surface area contributed by atoms with Gasteiger partial charge in [0.05, 0.1) is 12.0 Å². The summed E-state index contributed by atoms with van der Waals surface area (Å²) < 4.78 is 43.6. The summed E-state index contributed by atoms with van der Waals surface area (Å²) >= 11 is 1.28. The highest BCUT2D eigenvalue weighted by Gasteiger charge is 2.43. The SMILES string of the molecule is COC(=O)C1C(=O)c2sc(C(F)(F)F)cc2SN1C. The molecular formula is C10H8F3NO3S2. The number of rotatable bonds is 1. The molecule has 4 nitrogen and oxygen atoms in total. The lowest BCUT2D eigenvalue weighted by molar-refractivity contribution is -0.143. The van der Waals surface area contributed by atoms with Crippen LogP contribution in [0.15, 0.2) is 11.0 Å². The van der Waals surface area contributed by atoms with E-state index < -0.39 is 28.8 Å². The van der Waals surface area contributed by atoms with Crippen molar-refractivity contribution in [1.29, 1.82) is 0 Å². The number of hydrogen-bond acceptors (Lipinski definition) is 6. The van der Waals surface area contributed by atoms with E-state index >= 15 is 0 Å². The number of Topliss-reactive ketones (excluding diaryl/α,β-unsaturated/α-hetero) is 1. The Morgan fingerprint density at radius 3 is 2.63 bits per heavy atom. The summed E-state index contributed by atoms with van der Waals surface area (Å²) in [6.07, 6.45) is -4.50. The van der Waals surface area contributed by atoms with Gasteiger partial charge in [0.25, 0.3) is 0 Å². The zero-order valence-electron chi connectivity index (χ0n) is 9.78. The van der Waals surface area contributed by atoms with E-state index in [-0.39, 0.29) is 9.77 Å². The van der Waals surface area contributed by atoms with Gasteiger partial charge in [-0.25, -0.2) is 9.10 Å². The van der Waals surface area contributed by atoms with Crippen LogP contribution in [0.5, 0.6) is 0 Å². The van der Waals surface area contributed by atoms with E-state index in [9.17, 15) is 22.8 Å². The van der Waals surface area contributed by atoms with Crippen LogP contribution in [0, 0.1) is 0 Å². The van der Waals surface area contributed by atoms with E-state index in [1.807, 2.05) is 0 Å². The summed E-state index contributed by atoms with van der Waals surface area (Å²) in [5.74, 6) is -1.45. The van der Waals surface area contributed by atoms with Crippen molar-refractivity contribution in [2.24, 2.45) is 0 Å². The van der Waals surface area contributed by atoms with Crippen LogP contribution in [-0.4, -0.2) is 36.3 Å². The second-order valence-corrected chi connectivity index (χ2v) is 5.98. The largest absolute Gasteiger partial charge is 0.467 e. The number of ether oxygens (including phenoxy) is 1. The van der Waals surface area contributed by atoms with Crippen LogP contribution < -0.4 is 0 Å². The molecule has 19 heavy (non-hydrogen) atoms. The van der Waals surface area contributed by atoms with Gasteiger partial charge in [-0.2, -0.15) is 13.2 Å². The number of thiophene rings is 1. The first kappa shape index (κ1) is 14.4. The smallest absolute Gasteiger partial charge is 0.425 e. The van der Waals surface area contributed by atoms with Crippen LogP contribution in [0.3, 0.4) is 0 Å². The van der Waals surface area contributed by atoms with Gasteiger partial charge in [-0.05, 0) is 25.1 Å². The molecule has 1 aromatic heterocycles. The first-order chi connectivity index (χ1) is 8.75. The van der Waals surface area contributed by atoms with Crippen molar-refractivity contribution >= 4 is 35.0 Å². The standard InChI is InChI=1S/C10H8F3NO3S2/c1-14-6(9(16)17-2)7(15)8-4(19-14)3-5(18-8)10(11,12)13/h3,6H,1-2H3. The van der Waals surface area contributed by atoms with Gasteiger partial charge in [-0.15, -0.1) is 11.3 Å². The van der Waals surface area contributed by atoms with E-state index in [1.165, 1.54) is 11.4 Å². The van der Waals surface area contributed by atoms with Crippen molar-refractivity contribution in [2.45, 2.75) is 17.1 Å². The lowest BCUT2D eigenvalue weighted by Crippen LogP contribution is -2.44. The number of alkyl halides is 3. The molecule has 1 unspecified atom stereocenters. The molecule has 104 valence electrons. The number of nitrogens with zero attached hydrogens (tertiary/aromatic N) is 1. The quantitative estimate of drug-likeness (QED) is 0.453. The van der Waals surface area contributed by atoms with E-state index in [1.54, 1.807) is 0 Å². The molecule has 1 aliphatic rings. The van der Waals surface area contributed by atoms with Crippen molar-refractivity contribution in [3.05, 3.63) is 15.8 Å². The third-order valence-electron chi connectivity index (χ3n) is 2.48. The normalized spacial score (nSPS) is 20.3. The summed E-state index contributed by atoms with van der Waals surface area (Å²) in [5, 5.41) is 0. The third kappa shape index (κ3) is 2.49. The molecule has 2 rings (SSSR count). The second-order valence-electron chi connectivity index (χ2n) is 3.73. The number of carbonyl (C=O) groups excluding carboxylic acids is 2. The molecular weight excluding hydrogens is 303 g/mol. The molecule has 0 saturated carbocycles. The average molecular weight is 311 g/mol. The predicted molar refractivity (Wildman–Crippen MR) is 63.1 cm³/mol. The second kappa shape index (κ2) is 4.80. The van der Waals surface area contributed by atoms with E-state index in [2.05, 4.69) is 4.74 Å². The van der Waals surface area contributed by atoms with Gasteiger partial charge in [0.1, 0.15) is 4.88 Å². The summed E-state index contributed by atoms with van der Waals surface area (Å²) in [6, 6.07) is -0.283. The molecule has 0 aliphatic carbocycles. The Hall–Kier alpha value is -1.06. The highest BCUT2D eigenvalue weighted by atomic mass is 32.2. The van der Waals surface area contributed by atoms with Gasteiger partial charge in [0.2, 0.25) is 5.78 Å². The van der Waals surface area contributed by atoms with Crippen molar-refractivity contribution in [2.75, 3.05) is 14.2 Å². The van der Waals surface area contributed by atoms with Gasteiger partial charge in [0, 0.05) is 4.90 Å². The van der Waals surface area contributed by atoms with Gasteiger partial charge in [-0.3, -0.25) is 4.79 Å². The maximum Gasteiger partial charge on any atom is 0.425 e. The molecule has 0 fully saturated rings. The lowest BCUT2D eigenvalue weighted by atomic mass is 10.1. The van der Waals surface area contributed by atoms with E-state index in [0.29, 0.717) is 11.3 Å². The monoisotopic (exact) mass is 311 g/mol. The summed E-state index contributed by atoms with van der Waals surface area (Å²) in [4.78, 5) is 22.9. The van der Waals surface area contributed by atoms with Crippen molar-refractivity contribution in [3.63, 3.8) is 0 Å². The van der Waals surface area contributed by atoms with Crippen LogP contribution in [0.4, 0.5) is 13.2 Å². The van der Waals surface area contributed by atoms with Crippen LogP contribution in [0.1, 0.15) is 14.5 Å². The van der Waals surface area contributed by atoms with Crippen molar-refractivity contribution < 1.29 is 27.5 Å². The molecule has 0 amide bonds. The Balaban J connectivity index is 2.43. The molecule has 0 radical (unpaired) electrons. The van der Waals surface area contributed by atoms with E-state index in [0.717, 1.165) is 25.1 Å². The predicted octanol–water partition coefficient (Wildman–Crippen LogP) is 2.44. The van der Waals surface area contributed by atoms with Crippen LogP contribution in [0.25, 0.3) is 0 Å². The number of esters is 1. The molecule has 1 aliphatic heterocycles. The van der Waals surface area contributed by atoms with Gasteiger partial charge < -0.3 is 4.74 Å². The van der Waals surface area contributed by atoms with Crippen LogP contribution >= 0.6 is 23.3 Å². The molecule has 0 bridgehead atoms. The first-order valence-corrected chi connectivity index (χ1v) is 6.58. The highest BCUT2D eigenvalue weighted by Crippen LogP contribution is 2.44. The highest BCUT2D eigenvalue weighted by molar-refractivity contribution is 7.97. The fourth-order valence-electron chi connectivity index (χ4n) is 1.62. The van der Waals surface area contributed by atoms with Crippen LogP contribution in [-0.2, 0) is 15.7 Å². The van der Waals surface area contributed by atoms with Gasteiger partial charge in [0.15, 0.2) is 6.04 Å². The third-order valence-corrected chi connectivity index (χ3v) is 4.82. The number of carbonyl (C=O) groups is 2. The molecule has 1 aromatic rings. The number of hydrogen-bond donors (Lipinski definition) is 0. The average Bonchev–Trinajstić information content (AvgIpc) is 2.72. The number of ketones is 1.